The van der Waals surface area contributed by atoms with E-state index in [-0.39, 0.29) is 5.69 Å². The van der Waals surface area contributed by atoms with Crippen molar-refractivity contribution in [2.24, 2.45) is 0 Å². The Kier molecular flexibility index (Phi) is 3.78. The minimum absolute atomic E-state index is 0.0581. The number of anilines is 1. The van der Waals surface area contributed by atoms with Gasteiger partial charge in [-0.2, -0.15) is 13.2 Å². The second-order valence-corrected chi connectivity index (χ2v) is 4.13. The number of amides is 1. The van der Waals surface area contributed by atoms with Gasteiger partial charge in [0.1, 0.15) is 18.1 Å². The highest BCUT2D eigenvalue weighted by Crippen LogP contribution is 2.22. The lowest BCUT2D eigenvalue weighted by Crippen LogP contribution is -2.34. The number of fused-ring (bicyclic) bond motifs is 1. The third kappa shape index (κ3) is 3.17. The Hall–Kier alpha value is -2.31. The van der Waals surface area contributed by atoms with Crippen LogP contribution >= 0.6 is 0 Å². The number of nitrogens with one attached hydrogen (secondary N) is 2. The quantitative estimate of drug-likeness (QED) is 0.910. The number of carbonyl (C=O) groups excluding carboxylic acids is 1. The molecule has 0 bridgehead atoms. The van der Waals surface area contributed by atoms with Crippen LogP contribution in [0.2, 0.25) is 0 Å². The van der Waals surface area contributed by atoms with Crippen LogP contribution in [0.25, 0.3) is 10.8 Å². The van der Waals surface area contributed by atoms with Gasteiger partial charge in [-0.15, -0.1) is 0 Å². The van der Waals surface area contributed by atoms with E-state index in [1.165, 1.54) is 6.07 Å². The Labute approximate surface area is 113 Å². The van der Waals surface area contributed by atoms with Crippen LogP contribution in [0.15, 0.2) is 30.3 Å². The number of benzene rings is 1. The maximum atomic E-state index is 12.1. The first-order valence-corrected chi connectivity index (χ1v) is 5.83. The maximum absolute atomic E-state index is 12.1. The van der Waals surface area contributed by atoms with Crippen molar-refractivity contribution in [3.05, 3.63) is 36.0 Å². The number of aromatic nitrogens is 1. The molecular weight excluding hydrogens is 271 g/mol. The molecule has 0 atom stereocenters. The largest absolute Gasteiger partial charge is 0.405 e. The molecule has 1 aromatic carbocycles. The first-order valence-electron chi connectivity index (χ1n) is 5.83. The fraction of sp³-hybridized carbons (Fsp3) is 0.231. The highest BCUT2D eigenvalue weighted by Gasteiger charge is 2.28. The molecular formula is C13H12F3N3O. The number of rotatable bonds is 3. The summed E-state index contributed by atoms with van der Waals surface area (Å²) in [6.45, 7) is -1.38. The van der Waals surface area contributed by atoms with Gasteiger partial charge in [-0.1, -0.05) is 24.3 Å². The summed E-state index contributed by atoms with van der Waals surface area (Å²) in [6, 6.07) is 8.62. The summed E-state index contributed by atoms with van der Waals surface area (Å²) in [5.41, 5.74) is -0.0581. The van der Waals surface area contributed by atoms with E-state index < -0.39 is 18.6 Å². The zero-order valence-corrected chi connectivity index (χ0v) is 10.6. The van der Waals surface area contributed by atoms with Crippen molar-refractivity contribution >= 4 is 22.5 Å². The molecule has 20 heavy (non-hydrogen) atoms. The van der Waals surface area contributed by atoms with E-state index in [0.29, 0.717) is 5.82 Å². The lowest BCUT2D eigenvalue weighted by Gasteiger charge is -2.10. The summed E-state index contributed by atoms with van der Waals surface area (Å²) in [5.74, 6) is -0.412. The minimum Gasteiger partial charge on any atom is -0.373 e. The average molecular weight is 283 g/mol. The van der Waals surface area contributed by atoms with Gasteiger partial charge in [0.25, 0.3) is 5.91 Å². The molecule has 0 fully saturated rings. The van der Waals surface area contributed by atoms with E-state index >= 15 is 0 Å². The molecule has 1 amide bonds. The Morgan fingerprint density at radius 1 is 1.30 bits per heavy atom. The first kappa shape index (κ1) is 14.1. The Morgan fingerprint density at radius 2 is 2.00 bits per heavy atom. The molecule has 4 nitrogen and oxygen atoms in total. The fourth-order valence-corrected chi connectivity index (χ4v) is 1.78. The SMILES string of the molecule is CNc1nc(C(=O)NCC(F)(F)F)cc2ccccc12. The fourth-order valence-electron chi connectivity index (χ4n) is 1.78. The second-order valence-electron chi connectivity index (χ2n) is 4.13. The molecule has 7 heteroatoms. The monoisotopic (exact) mass is 283 g/mol. The molecule has 0 spiro atoms. The van der Waals surface area contributed by atoms with E-state index in [9.17, 15) is 18.0 Å². The molecule has 1 heterocycles. The number of pyridine rings is 1. The van der Waals surface area contributed by atoms with Gasteiger partial charge in [0, 0.05) is 12.4 Å². The summed E-state index contributed by atoms with van der Waals surface area (Å²) in [5, 5.41) is 6.14. The summed E-state index contributed by atoms with van der Waals surface area (Å²) >= 11 is 0. The predicted molar refractivity (Wildman–Crippen MR) is 69.7 cm³/mol. The topological polar surface area (TPSA) is 54.0 Å². The molecule has 0 radical (unpaired) electrons. The van der Waals surface area contributed by atoms with Crippen molar-refractivity contribution in [3.8, 4) is 0 Å². The highest BCUT2D eigenvalue weighted by atomic mass is 19.4. The predicted octanol–water partition coefficient (Wildman–Crippen LogP) is 2.57. The summed E-state index contributed by atoms with van der Waals surface area (Å²) < 4.78 is 36.2. The maximum Gasteiger partial charge on any atom is 0.405 e. The number of hydrogen-bond donors (Lipinski definition) is 2. The van der Waals surface area contributed by atoms with Crippen molar-refractivity contribution in [2.75, 3.05) is 18.9 Å². The van der Waals surface area contributed by atoms with Gasteiger partial charge in [-0.3, -0.25) is 4.79 Å². The first-order chi connectivity index (χ1) is 9.40. The van der Waals surface area contributed by atoms with Gasteiger partial charge < -0.3 is 10.6 Å². The Balaban J connectivity index is 2.33. The van der Waals surface area contributed by atoms with Gasteiger partial charge in [0.05, 0.1) is 0 Å². The Morgan fingerprint density at radius 3 is 2.65 bits per heavy atom. The van der Waals surface area contributed by atoms with Crippen LogP contribution in [0, 0.1) is 0 Å². The zero-order valence-electron chi connectivity index (χ0n) is 10.6. The van der Waals surface area contributed by atoms with E-state index in [0.717, 1.165) is 10.8 Å². The summed E-state index contributed by atoms with van der Waals surface area (Å²) in [4.78, 5) is 15.7. The van der Waals surface area contributed by atoms with Crippen molar-refractivity contribution in [2.45, 2.75) is 6.18 Å². The number of halogens is 3. The van der Waals surface area contributed by atoms with Crippen molar-refractivity contribution in [1.82, 2.24) is 10.3 Å². The van der Waals surface area contributed by atoms with Crippen LogP contribution in [-0.2, 0) is 0 Å². The van der Waals surface area contributed by atoms with Crippen molar-refractivity contribution < 1.29 is 18.0 Å². The van der Waals surface area contributed by atoms with Crippen LogP contribution in [0.5, 0.6) is 0 Å². The number of nitrogens with zero attached hydrogens (tertiary/aromatic N) is 1. The average Bonchev–Trinajstić information content (AvgIpc) is 2.42. The normalized spacial score (nSPS) is 11.4. The lowest BCUT2D eigenvalue weighted by atomic mass is 10.1. The highest BCUT2D eigenvalue weighted by molar-refractivity contribution is 6.00. The molecule has 0 saturated carbocycles. The minimum atomic E-state index is -4.45. The van der Waals surface area contributed by atoms with Crippen LogP contribution in [0.4, 0.5) is 19.0 Å². The summed E-state index contributed by atoms with van der Waals surface area (Å²) in [7, 11) is 1.63. The molecule has 0 aliphatic carbocycles. The lowest BCUT2D eigenvalue weighted by molar-refractivity contribution is -0.123. The number of alkyl halides is 3. The number of carbonyl (C=O) groups is 1. The molecule has 0 aliphatic heterocycles. The smallest absolute Gasteiger partial charge is 0.373 e. The zero-order chi connectivity index (χ0) is 14.8. The van der Waals surface area contributed by atoms with E-state index in [1.807, 2.05) is 12.1 Å². The van der Waals surface area contributed by atoms with Gasteiger partial charge in [0.15, 0.2) is 0 Å². The second kappa shape index (κ2) is 5.36. The van der Waals surface area contributed by atoms with Crippen molar-refractivity contribution in [3.63, 3.8) is 0 Å². The third-order valence-corrected chi connectivity index (χ3v) is 2.66. The molecule has 2 N–H and O–H groups in total. The van der Waals surface area contributed by atoms with Gasteiger partial charge >= 0.3 is 6.18 Å². The molecule has 0 unspecified atom stereocenters. The Bertz CT molecular complexity index is 640. The van der Waals surface area contributed by atoms with Gasteiger partial charge in [0.2, 0.25) is 0 Å². The molecule has 2 rings (SSSR count). The molecule has 2 aromatic rings. The van der Waals surface area contributed by atoms with Crippen LogP contribution in [0.3, 0.4) is 0 Å². The molecule has 0 aliphatic rings. The van der Waals surface area contributed by atoms with E-state index in [2.05, 4.69) is 10.3 Å². The van der Waals surface area contributed by atoms with E-state index in [1.54, 1.807) is 24.5 Å². The van der Waals surface area contributed by atoms with E-state index in [4.69, 9.17) is 0 Å². The molecule has 0 saturated heterocycles. The summed E-state index contributed by atoms with van der Waals surface area (Å²) in [6.07, 6.45) is -4.45. The van der Waals surface area contributed by atoms with Gasteiger partial charge in [-0.25, -0.2) is 4.98 Å². The van der Waals surface area contributed by atoms with Crippen molar-refractivity contribution in [1.29, 1.82) is 0 Å². The number of hydrogen-bond acceptors (Lipinski definition) is 3. The van der Waals surface area contributed by atoms with Crippen LogP contribution in [0.1, 0.15) is 10.5 Å². The van der Waals surface area contributed by atoms with Gasteiger partial charge in [-0.05, 0) is 11.5 Å². The molecule has 106 valence electrons. The van der Waals surface area contributed by atoms with Crippen LogP contribution in [-0.4, -0.2) is 30.7 Å². The van der Waals surface area contributed by atoms with Crippen LogP contribution < -0.4 is 10.6 Å². The standard InChI is InChI=1S/C13H12F3N3O/c1-17-11-9-5-3-2-4-8(9)6-10(19-11)12(20)18-7-13(14,15)16/h2-6H,7H2,1H3,(H,17,19)(H,18,20). The molecule has 1 aromatic heterocycles. The third-order valence-electron chi connectivity index (χ3n) is 2.66.